The fraction of sp³-hybridized carbons (Fsp3) is 0.909. The van der Waals surface area contributed by atoms with Gasteiger partial charge in [-0.25, -0.2) is 4.79 Å². The summed E-state index contributed by atoms with van der Waals surface area (Å²) < 4.78 is 4.48. The SMILES string of the molecule is CCC(CCO)CNCC(C)(O)C(=O)OC. The van der Waals surface area contributed by atoms with Crippen LogP contribution in [0.2, 0.25) is 0 Å². The molecular formula is C11H23NO4. The van der Waals surface area contributed by atoms with Gasteiger partial charge < -0.3 is 20.3 Å². The highest BCUT2D eigenvalue weighted by Crippen LogP contribution is 2.08. The third kappa shape index (κ3) is 5.44. The second-order valence-electron chi connectivity index (χ2n) is 4.18. The Bertz CT molecular complexity index is 206. The maximum atomic E-state index is 11.2. The summed E-state index contributed by atoms with van der Waals surface area (Å²) >= 11 is 0. The van der Waals surface area contributed by atoms with Gasteiger partial charge in [0, 0.05) is 13.2 Å². The molecule has 0 aliphatic rings. The number of esters is 1. The van der Waals surface area contributed by atoms with E-state index < -0.39 is 11.6 Å². The van der Waals surface area contributed by atoms with Crippen molar-refractivity contribution in [2.45, 2.75) is 32.3 Å². The third-order valence-corrected chi connectivity index (χ3v) is 2.64. The molecule has 0 aromatic carbocycles. The Morgan fingerprint density at radius 2 is 2.19 bits per heavy atom. The van der Waals surface area contributed by atoms with E-state index in [9.17, 15) is 9.90 Å². The molecule has 0 amide bonds. The number of ether oxygens (including phenoxy) is 1. The van der Waals surface area contributed by atoms with Gasteiger partial charge >= 0.3 is 5.97 Å². The number of hydrogen-bond acceptors (Lipinski definition) is 5. The standard InChI is InChI=1S/C11H23NO4/c1-4-9(5-6-13)7-12-8-11(2,15)10(14)16-3/h9,12-13,15H,4-8H2,1-3H3. The van der Waals surface area contributed by atoms with Crippen molar-refractivity contribution in [3.05, 3.63) is 0 Å². The molecule has 0 aliphatic heterocycles. The van der Waals surface area contributed by atoms with Crippen molar-refractivity contribution in [2.24, 2.45) is 5.92 Å². The van der Waals surface area contributed by atoms with Crippen LogP contribution in [0.25, 0.3) is 0 Å². The van der Waals surface area contributed by atoms with E-state index >= 15 is 0 Å². The zero-order chi connectivity index (χ0) is 12.6. The van der Waals surface area contributed by atoms with E-state index in [-0.39, 0.29) is 13.2 Å². The molecule has 5 heteroatoms. The smallest absolute Gasteiger partial charge is 0.338 e. The van der Waals surface area contributed by atoms with Crippen LogP contribution in [0.15, 0.2) is 0 Å². The summed E-state index contributed by atoms with van der Waals surface area (Å²) in [6, 6.07) is 0. The predicted octanol–water partition coefficient (Wildman–Crippen LogP) is -0.0914. The Labute approximate surface area is 96.8 Å². The largest absolute Gasteiger partial charge is 0.467 e. The van der Waals surface area contributed by atoms with Crippen molar-refractivity contribution in [1.82, 2.24) is 5.32 Å². The van der Waals surface area contributed by atoms with Gasteiger partial charge in [0.2, 0.25) is 0 Å². The van der Waals surface area contributed by atoms with Gasteiger partial charge in [0.1, 0.15) is 0 Å². The highest BCUT2D eigenvalue weighted by atomic mass is 16.5. The van der Waals surface area contributed by atoms with Crippen LogP contribution in [0.3, 0.4) is 0 Å². The lowest BCUT2D eigenvalue weighted by Crippen LogP contribution is -2.46. The molecule has 0 saturated carbocycles. The summed E-state index contributed by atoms with van der Waals surface area (Å²) in [5.74, 6) is -0.284. The normalized spacial score (nSPS) is 16.6. The molecule has 0 spiro atoms. The first kappa shape index (κ1) is 15.3. The summed E-state index contributed by atoms with van der Waals surface area (Å²) in [6.07, 6.45) is 1.68. The average molecular weight is 233 g/mol. The van der Waals surface area contributed by atoms with E-state index in [1.54, 1.807) is 0 Å². The molecule has 5 nitrogen and oxygen atoms in total. The monoisotopic (exact) mass is 233 g/mol. The Morgan fingerprint density at radius 3 is 2.62 bits per heavy atom. The van der Waals surface area contributed by atoms with Crippen molar-refractivity contribution >= 4 is 5.97 Å². The highest BCUT2D eigenvalue weighted by molar-refractivity contribution is 5.78. The fourth-order valence-electron chi connectivity index (χ4n) is 1.44. The van der Waals surface area contributed by atoms with Crippen molar-refractivity contribution < 1.29 is 19.7 Å². The molecule has 0 fully saturated rings. The molecule has 3 N–H and O–H groups in total. The van der Waals surface area contributed by atoms with Crippen LogP contribution in [0.1, 0.15) is 26.7 Å². The maximum absolute atomic E-state index is 11.2. The Kier molecular flexibility index (Phi) is 7.29. The average Bonchev–Trinajstić information content (AvgIpc) is 2.26. The van der Waals surface area contributed by atoms with Gasteiger partial charge in [-0.3, -0.25) is 0 Å². The Morgan fingerprint density at radius 1 is 1.56 bits per heavy atom. The summed E-state index contributed by atoms with van der Waals surface area (Å²) in [5.41, 5.74) is -1.49. The van der Waals surface area contributed by atoms with Gasteiger partial charge in [0.15, 0.2) is 5.60 Å². The zero-order valence-corrected chi connectivity index (χ0v) is 10.3. The minimum atomic E-state index is -1.49. The van der Waals surface area contributed by atoms with E-state index in [4.69, 9.17) is 5.11 Å². The second-order valence-corrected chi connectivity index (χ2v) is 4.18. The van der Waals surface area contributed by atoms with E-state index in [1.165, 1.54) is 14.0 Å². The topological polar surface area (TPSA) is 78.8 Å². The number of carbonyl (C=O) groups is 1. The van der Waals surface area contributed by atoms with Crippen LogP contribution in [0.4, 0.5) is 0 Å². The van der Waals surface area contributed by atoms with E-state index in [0.29, 0.717) is 12.5 Å². The minimum Gasteiger partial charge on any atom is -0.467 e. The lowest BCUT2D eigenvalue weighted by atomic mass is 10.0. The van der Waals surface area contributed by atoms with Crippen LogP contribution in [0, 0.1) is 5.92 Å². The molecule has 0 saturated heterocycles. The first-order valence-corrected chi connectivity index (χ1v) is 5.60. The highest BCUT2D eigenvalue weighted by Gasteiger charge is 2.30. The number of hydrogen-bond donors (Lipinski definition) is 3. The number of aliphatic hydroxyl groups excluding tert-OH is 1. The van der Waals surface area contributed by atoms with E-state index in [1.807, 2.05) is 6.92 Å². The molecule has 0 aromatic heterocycles. The summed E-state index contributed by atoms with van der Waals surface area (Å²) in [7, 11) is 1.25. The van der Waals surface area contributed by atoms with E-state index in [0.717, 1.165) is 12.8 Å². The zero-order valence-electron chi connectivity index (χ0n) is 10.3. The van der Waals surface area contributed by atoms with Crippen LogP contribution < -0.4 is 5.32 Å². The van der Waals surface area contributed by atoms with Crippen LogP contribution >= 0.6 is 0 Å². The first-order valence-electron chi connectivity index (χ1n) is 5.60. The molecule has 0 rings (SSSR count). The minimum absolute atomic E-state index is 0.154. The molecule has 2 unspecified atom stereocenters. The molecular weight excluding hydrogens is 210 g/mol. The van der Waals surface area contributed by atoms with Crippen molar-refractivity contribution in [2.75, 3.05) is 26.8 Å². The lowest BCUT2D eigenvalue weighted by molar-refractivity contribution is -0.159. The predicted molar refractivity (Wildman–Crippen MR) is 61.0 cm³/mol. The van der Waals surface area contributed by atoms with Crippen LogP contribution in [-0.2, 0) is 9.53 Å². The van der Waals surface area contributed by atoms with Gasteiger partial charge in [-0.1, -0.05) is 13.3 Å². The lowest BCUT2D eigenvalue weighted by Gasteiger charge is -2.22. The third-order valence-electron chi connectivity index (χ3n) is 2.64. The summed E-state index contributed by atoms with van der Waals surface area (Å²) in [4.78, 5) is 11.2. The number of aliphatic hydroxyl groups is 2. The molecule has 96 valence electrons. The number of rotatable bonds is 8. The van der Waals surface area contributed by atoms with Crippen molar-refractivity contribution in [3.63, 3.8) is 0 Å². The molecule has 0 bridgehead atoms. The fourth-order valence-corrected chi connectivity index (χ4v) is 1.44. The van der Waals surface area contributed by atoms with Gasteiger partial charge in [0.25, 0.3) is 0 Å². The number of nitrogens with one attached hydrogen (secondary N) is 1. The molecule has 0 aliphatic carbocycles. The van der Waals surface area contributed by atoms with Crippen LogP contribution in [0.5, 0.6) is 0 Å². The second kappa shape index (κ2) is 7.60. The van der Waals surface area contributed by atoms with Gasteiger partial charge in [-0.15, -0.1) is 0 Å². The first-order chi connectivity index (χ1) is 7.47. The Hall–Kier alpha value is -0.650. The van der Waals surface area contributed by atoms with Crippen molar-refractivity contribution in [3.8, 4) is 0 Å². The van der Waals surface area contributed by atoms with Crippen LogP contribution in [-0.4, -0.2) is 48.6 Å². The molecule has 0 heterocycles. The maximum Gasteiger partial charge on any atom is 0.338 e. The molecule has 2 atom stereocenters. The quantitative estimate of drug-likeness (QED) is 0.511. The number of methoxy groups -OCH3 is 1. The molecule has 0 radical (unpaired) electrons. The van der Waals surface area contributed by atoms with Gasteiger partial charge in [-0.2, -0.15) is 0 Å². The summed E-state index contributed by atoms with van der Waals surface area (Å²) in [5, 5.41) is 21.5. The molecule has 0 aromatic rings. The van der Waals surface area contributed by atoms with Gasteiger partial charge in [0.05, 0.1) is 7.11 Å². The van der Waals surface area contributed by atoms with E-state index in [2.05, 4.69) is 10.1 Å². The number of carbonyl (C=O) groups excluding carboxylic acids is 1. The van der Waals surface area contributed by atoms with Crippen molar-refractivity contribution in [1.29, 1.82) is 0 Å². The molecule has 16 heavy (non-hydrogen) atoms. The Balaban J connectivity index is 3.91. The van der Waals surface area contributed by atoms with Gasteiger partial charge in [-0.05, 0) is 25.8 Å². The summed E-state index contributed by atoms with van der Waals surface area (Å²) in [6.45, 7) is 4.44.